The molecule has 4 aliphatic rings. The first-order chi connectivity index (χ1) is 15.1. The van der Waals surface area contributed by atoms with Crippen molar-refractivity contribution >= 4 is 5.97 Å². The lowest BCUT2D eigenvalue weighted by atomic mass is 9.47. The minimum absolute atomic E-state index is 0.106. The van der Waals surface area contributed by atoms with Crippen LogP contribution in [-0.2, 0) is 9.53 Å². The Labute approximate surface area is 197 Å². The van der Waals surface area contributed by atoms with Gasteiger partial charge in [-0.25, -0.2) is 0 Å². The molecule has 0 saturated heterocycles. The highest BCUT2D eigenvalue weighted by atomic mass is 16.5. The molecule has 3 fully saturated rings. The van der Waals surface area contributed by atoms with Crippen LogP contribution in [0.1, 0.15) is 99.8 Å². The van der Waals surface area contributed by atoms with Crippen molar-refractivity contribution in [3.8, 4) is 0 Å². The van der Waals surface area contributed by atoms with Crippen LogP contribution in [0.2, 0.25) is 0 Å². The van der Waals surface area contributed by atoms with Gasteiger partial charge in [-0.15, -0.1) is 0 Å². The van der Waals surface area contributed by atoms with Crippen molar-refractivity contribution in [1.82, 2.24) is 0 Å². The highest BCUT2D eigenvalue weighted by Crippen LogP contribution is 2.67. The fraction of sp³-hybridized carbons (Fsp3) is 0.833. The minimum Gasteiger partial charge on any atom is -0.462 e. The van der Waals surface area contributed by atoms with E-state index in [1.54, 1.807) is 12.5 Å². The number of hydrogen-bond acceptors (Lipinski definition) is 2. The molecule has 32 heavy (non-hydrogen) atoms. The van der Waals surface area contributed by atoms with E-state index in [1.807, 2.05) is 0 Å². The number of fused-ring (bicyclic) bond motifs is 5. The van der Waals surface area contributed by atoms with Crippen molar-refractivity contribution < 1.29 is 9.53 Å². The van der Waals surface area contributed by atoms with Crippen LogP contribution in [0.4, 0.5) is 0 Å². The fourth-order valence-electron chi connectivity index (χ4n) is 8.57. The van der Waals surface area contributed by atoms with Crippen molar-refractivity contribution in [2.24, 2.45) is 52.3 Å². The molecule has 0 heterocycles. The van der Waals surface area contributed by atoms with Crippen LogP contribution < -0.4 is 0 Å². The number of carbonyl (C=O) groups excluding carboxylic acids is 1. The molecule has 3 saturated carbocycles. The Morgan fingerprint density at radius 2 is 1.78 bits per heavy atom. The molecule has 0 aliphatic heterocycles. The molecule has 4 aliphatic carbocycles. The summed E-state index contributed by atoms with van der Waals surface area (Å²) < 4.78 is 5.62. The summed E-state index contributed by atoms with van der Waals surface area (Å²) >= 11 is 0. The van der Waals surface area contributed by atoms with Crippen LogP contribution >= 0.6 is 0 Å². The summed E-state index contributed by atoms with van der Waals surface area (Å²) in [7, 11) is 0. The van der Waals surface area contributed by atoms with Crippen LogP contribution in [0.5, 0.6) is 0 Å². The number of hydrogen-bond donors (Lipinski definition) is 0. The van der Waals surface area contributed by atoms with E-state index in [0.717, 1.165) is 42.4 Å². The topological polar surface area (TPSA) is 26.3 Å². The van der Waals surface area contributed by atoms with Gasteiger partial charge in [-0.1, -0.05) is 65.3 Å². The first-order valence-electron chi connectivity index (χ1n) is 13.6. The van der Waals surface area contributed by atoms with Gasteiger partial charge >= 0.3 is 5.97 Å². The Morgan fingerprint density at radius 1 is 1.03 bits per heavy atom. The van der Waals surface area contributed by atoms with E-state index in [2.05, 4.69) is 59.8 Å². The van der Waals surface area contributed by atoms with E-state index in [-0.39, 0.29) is 12.1 Å². The molecule has 0 aromatic carbocycles. The van der Waals surface area contributed by atoms with Crippen LogP contribution in [0.3, 0.4) is 0 Å². The predicted octanol–water partition coefficient (Wildman–Crippen LogP) is 7.98. The fourth-order valence-corrected chi connectivity index (χ4v) is 8.57. The lowest BCUT2D eigenvalue weighted by Gasteiger charge is -2.58. The molecule has 180 valence electrons. The Hall–Kier alpha value is -1.05. The van der Waals surface area contributed by atoms with Crippen LogP contribution in [0, 0.1) is 52.3 Å². The maximum absolute atomic E-state index is 11.5. The van der Waals surface area contributed by atoms with E-state index in [9.17, 15) is 4.79 Å². The van der Waals surface area contributed by atoms with Gasteiger partial charge in [-0.05, 0) is 97.2 Å². The standard InChI is InChI=1S/C30H48O2/c1-19(2)20(3)8-9-21(4)26-12-13-27-25-11-10-23-18-24(32-22(5)31)14-16-29(23,6)28(25)15-17-30(26,27)7/h8-10,19-21,24-28H,11-18H2,1-7H3/t20-,21+,24+,25+,26+,27+,28-,29+,30+/m1/s1. The van der Waals surface area contributed by atoms with Gasteiger partial charge in [0.05, 0.1) is 0 Å². The van der Waals surface area contributed by atoms with Gasteiger partial charge in [-0.2, -0.15) is 0 Å². The maximum Gasteiger partial charge on any atom is 0.302 e. The second-order valence-corrected chi connectivity index (χ2v) is 12.8. The van der Waals surface area contributed by atoms with Crippen molar-refractivity contribution in [2.45, 2.75) is 106 Å². The van der Waals surface area contributed by atoms with Crippen molar-refractivity contribution in [3.63, 3.8) is 0 Å². The molecular weight excluding hydrogens is 392 g/mol. The number of rotatable bonds is 5. The quantitative estimate of drug-likeness (QED) is 0.320. The van der Waals surface area contributed by atoms with Gasteiger partial charge in [-0.3, -0.25) is 4.79 Å². The molecule has 9 atom stereocenters. The van der Waals surface area contributed by atoms with Gasteiger partial charge in [0, 0.05) is 13.3 Å². The zero-order valence-electron chi connectivity index (χ0n) is 21.8. The first kappa shape index (κ1) is 24.1. The lowest BCUT2D eigenvalue weighted by Crippen LogP contribution is -2.51. The molecule has 2 nitrogen and oxygen atoms in total. The molecule has 0 aromatic rings. The van der Waals surface area contributed by atoms with Crippen molar-refractivity contribution in [1.29, 1.82) is 0 Å². The average molecular weight is 441 g/mol. The molecule has 0 bridgehead atoms. The lowest BCUT2D eigenvalue weighted by molar-refractivity contribution is -0.148. The van der Waals surface area contributed by atoms with Crippen LogP contribution in [0.25, 0.3) is 0 Å². The van der Waals surface area contributed by atoms with Gasteiger partial charge in [0.1, 0.15) is 6.10 Å². The van der Waals surface area contributed by atoms with Crippen molar-refractivity contribution in [3.05, 3.63) is 23.8 Å². The number of allylic oxidation sites excluding steroid dienone is 3. The van der Waals surface area contributed by atoms with Gasteiger partial charge in [0.2, 0.25) is 0 Å². The monoisotopic (exact) mass is 440 g/mol. The van der Waals surface area contributed by atoms with E-state index < -0.39 is 0 Å². The largest absolute Gasteiger partial charge is 0.462 e. The summed E-state index contributed by atoms with van der Waals surface area (Å²) in [6.45, 7) is 16.3. The van der Waals surface area contributed by atoms with E-state index >= 15 is 0 Å². The van der Waals surface area contributed by atoms with Crippen LogP contribution in [0.15, 0.2) is 23.8 Å². The summed E-state index contributed by atoms with van der Waals surface area (Å²) in [4.78, 5) is 11.5. The third-order valence-corrected chi connectivity index (χ3v) is 10.9. The molecule has 0 aromatic heterocycles. The Bertz CT molecular complexity index is 763. The molecular formula is C30H48O2. The summed E-state index contributed by atoms with van der Waals surface area (Å²) in [5.41, 5.74) is 2.44. The third kappa shape index (κ3) is 4.14. The normalized spacial score (nSPS) is 43.2. The van der Waals surface area contributed by atoms with E-state index in [4.69, 9.17) is 4.74 Å². The molecule has 0 amide bonds. The molecule has 0 N–H and O–H groups in total. The summed E-state index contributed by atoms with van der Waals surface area (Å²) in [6.07, 6.45) is 17.8. The highest BCUT2D eigenvalue weighted by Gasteiger charge is 2.59. The van der Waals surface area contributed by atoms with Gasteiger partial charge in [0.15, 0.2) is 0 Å². The first-order valence-corrected chi connectivity index (χ1v) is 13.6. The summed E-state index contributed by atoms with van der Waals surface area (Å²) in [5, 5.41) is 0. The molecule has 0 radical (unpaired) electrons. The predicted molar refractivity (Wildman–Crippen MR) is 133 cm³/mol. The minimum atomic E-state index is -0.121. The second kappa shape index (κ2) is 8.95. The van der Waals surface area contributed by atoms with E-state index in [1.165, 1.54) is 38.5 Å². The zero-order valence-corrected chi connectivity index (χ0v) is 21.8. The Morgan fingerprint density at radius 3 is 2.47 bits per heavy atom. The Balaban J connectivity index is 1.50. The number of carbonyl (C=O) groups is 1. The third-order valence-electron chi connectivity index (χ3n) is 10.9. The second-order valence-electron chi connectivity index (χ2n) is 12.8. The van der Waals surface area contributed by atoms with Crippen LogP contribution in [-0.4, -0.2) is 12.1 Å². The van der Waals surface area contributed by atoms with Crippen molar-refractivity contribution in [2.75, 3.05) is 0 Å². The maximum atomic E-state index is 11.5. The zero-order chi connectivity index (χ0) is 23.3. The Kier molecular flexibility index (Phi) is 6.74. The van der Waals surface area contributed by atoms with E-state index in [0.29, 0.717) is 22.7 Å². The molecule has 0 spiro atoms. The number of ether oxygens (including phenoxy) is 1. The average Bonchev–Trinajstić information content (AvgIpc) is 3.08. The summed E-state index contributed by atoms with van der Waals surface area (Å²) in [6, 6.07) is 0. The van der Waals surface area contributed by atoms with Gasteiger partial charge < -0.3 is 4.74 Å². The van der Waals surface area contributed by atoms with Gasteiger partial charge in [0.25, 0.3) is 0 Å². The highest BCUT2D eigenvalue weighted by molar-refractivity contribution is 5.66. The summed E-state index contributed by atoms with van der Waals surface area (Å²) in [5.74, 6) is 5.35. The SMILES string of the molecule is CC(=O)O[C@H]1CC[C@@]2(C)C(=CC[C@@H]3[C@H]2CC[C@]2(C)[C@H]3CC[C@H]2[C@@H](C)C=C[C@@H](C)C(C)C)C1. The number of esters is 1. The molecule has 4 rings (SSSR count). The smallest absolute Gasteiger partial charge is 0.302 e. The molecule has 0 unspecified atom stereocenters. The molecule has 2 heteroatoms.